The lowest BCUT2D eigenvalue weighted by Crippen LogP contribution is -2.04. The average Bonchev–Trinajstić information content (AvgIpc) is 2.66. The summed E-state index contributed by atoms with van der Waals surface area (Å²) in [5.74, 6) is -2.10. The van der Waals surface area contributed by atoms with E-state index in [1.807, 2.05) is 6.92 Å². The van der Waals surface area contributed by atoms with Crippen LogP contribution >= 0.6 is 0 Å². The zero-order chi connectivity index (χ0) is 14.0. The van der Waals surface area contributed by atoms with Crippen LogP contribution in [0.1, 0.15) is 51.6 Å². The van der Waals surface area contributed by atoms with Crippen LogP contribution in [-0.2, 0) is 22.4 Å². The predicted octanol–water partition coefficient (Wildman–Crippen LogP) is 1.97. The largest absolute Gasteiger partial charge is 0.481 e. The average molecular weight is 262 g/mol. The van der Waals surface area contributed by atoms with E-state index in [4.69, 9.17) is 5.11 Å². The molecule has 1 aliphatic rings. The number of carbonyl (C=O) groups is 3. The van der Waals surface area contributed by atoms with E-state index < -0.39 is 17.9 Å². The van der Waals surface area contributed by atoms with E-state index in [1.165, 1.54) is 0 Å². The molecule has 0 aromatic heterocycles. The normalized spacial score (nSPS) is 13.3. The number of aryl methyl sites for hydroxylation is 2. The van der Waals surface area contributed by atoms with Crippen LogP contribution in [-0.4, -0.2) is 23.0 Å². The first-order valence-electron chi connectivity index (χ1n) is 6.17. The van der Waals surface area contributed by atoms with E-state index in [-0.39, 0.29) is 6.42 Å². The highest BCUT2D eigenvalue weighted by Crippen LogP contribution is 2.28. The summed E-state index contributed by atoms with van der Waals surface area (Å²) in [6.07, 6.45) is 1.54. The van der Waals surface area contributed by atoms with Crippen LogP contribution in [0.25, 0.3) is 0 Å². The summed E-state index contributed by atoms with van der Waals surface area (Å²) in [6.45, 7) is 1.90. The van der Waals surface area contributed by atoms with Crippen molar-refractivity contribution in [2.24, 2.45) is 0 Å². The van der Waals surface area contributed by atoms with Crippen molar-refractivity contribution in [2.45, 2.75) is 32.6 Å². The Hall–Kier alpha value is -2.17. The van der Waals surface area contributed by atoms with Crippen molar-refractivity contribution in [3.8, 4) is 0 Å². The number of esters is 2. The second-order valence-corrected chi connectivity index (χ2v) is 4.41. The fourth-order valence-electron chi connectivity index (χ4n) is 2.27. The van der Waals surface area contributed by atoms with Gasteiger partial charge in [0.1, 0.15) is 0 Å². The van der Waals surface area contributed by atoms with Crippen molar-refractivity contribution in [1.82, 2.24) is 0 Å². The summed E-state index contributed by atoms with van der Waals surface area (Å²) in [5, 5.41) is 8.62. The van der Waals surface area contributed by atoms with Gasteiger partial charge in [-0.15, -0.1) is 0 Å². The quantitative estimate of drug-likeness (QED) is 0.648. The molecule has 0 atom stereocenters. The Bertz CT molecular complexity index is 559. The minimum Gasteiger partial charge on any atom is -0.481 e. The van der Waals surface area contributed by atoms with Crippen molar-refractivity contribution in [3.05, 3.63) is 34.4 Å². The van der Waals surface area contributed by atoms with E-state index in [2.05, 4.69) is 4.74 Å². The van der Waals surface area contributed by atoms with Crippen LogP contribution in [0.4, 0.5) is 0 Å². The zero-order valence-corrected chi connectivity index (χ0v) is 10.6. The molecule has 1 aromatic carbocycles. The van der Waals surface area contributed by atoms with Gasteiger partial charge in [-0.2, -0.15) is 0 Å². The molecule has 5 nitrogen and oxygen atoms in total. The van der Waals surface area contributed by atoms with Crippen LogP contribution in [0.2, 0.25) is 0 Å². The molecule has 0 saturated carbocycles. The Morgan fingerprint density at radius 1 is 1.16 bits per heavy atom. The summed E-state index contributed by atoms with van der Waals surface area (Å²) in [5.41, 5.74) is 2.13. The number of carboxylic acids is 1. The fourth-order valence-corrected chi connectivity index (χ4v) is 2.27. The molecule has 1 N–H and O–H groups in total. The van der Waals surface area contributed by atoms with Gasteiger partial charge in [-0.25, -0.2) is 9.59 Å². The van der Waals surface area contributed by atoms with E-state index in [0.717, 1.165) is 5.56 Å². The molecule has 0 unspecified atom stereocenters. The van der Waals surface area contributed by atoms with Gasteiger partial charge in [-0.05, 0) is 30.4 Å². The number of carbonyl (C=O) groups excluding carboxylic acids is 2. The molecule has 0 bridgehead atoms. The second-order valence-electron chi connectivity index (χ2n) is 4.41. The Morgan fingerprint density at radius 2 is 1.74 bits per heavy atom. The second kappa shape index (κ2) is 5.22. The maximum atomic E-state index is 11.7. The van der Waals surface area contributed by atoms with Gasteiger partial charge >= 0.3 is 17.9 Å². The SMILES string of the molecule is CCc1ccc(CCCC(=O)O)c2c1C(=O)OC2=O. The zero-order valence-electron chi connectivity index (χ0n) is 10.6. The van der Waals surface area contributed by atoms with Crippen LogP contribution in [0, 0.1) is 0 Å². The number of carboxylic acid groups (broad SMARTS) is 1. The molecular formula is C14H14O5. The third kappa shape index (κ3) is 2.50. The summed E-state index contributed by atoms with van der Waals surface area (Å²) < 4.78 is 4.65. The topological polar surface area (TPSA) is 80.7 Å². The van der Waals surface area contributed by atoms with Crippen LogP contribution in [0.5, 0.6) is 0 Å². The molecule has 19 heavy (non-hydrogen) atoms. The van der Waals surface area contributed by atoms with Gasteiger partial charge in [0.05, 0.1) is 11.1 Å². The Morgan fingerprint density at radius 3 is 2.32 bits per heavy atom. The standard InChI is InChI=1S/C14H14O5/c1-2-8-6-7-9(4-3-5-10(15)16)12-11(8)13(17)19-14(12)18/h6-7H,2-5H2,1H3,(H,15,16). The minimum atomic E-state index is -0.875. The van der Waals surface area contributed by atoms with Gasteiger partial charge in [-0.3, -0.25) is 4.79 Å². The van der Waals surface area contributed by atoms with Gasteiger partial charge < -0.3 is 9.84 Å². The molecule has 2 rings (SSSR count). The number of rotatable bonds is 5. The van der Waals surface area contributed by atoms with Gasteiger partial charge in [0.15, 0.2) is 0 Å². The lowest BCUT2D eigenvalue weighted by molar-refractivity contribution is -0.137. The number of benzene rings is 1. The van der Waals surface area contributed by atoms with Crippen LogP contribution in [0.15, 0.2) is 12.1 Å². The number of hydrogen-bond donors (Lipinski definition) is 1. The molecule has 0 radical (unpaired) electrons. The number of aliphatic carboxylic acids is 1. The summed E-state index contributed by atoms with van der Waals surface area (Å²) in [7, 11) is 0. The molecule has 5 heteroatoms. The highest BCUT2D eigenvalue weighted by Gasteiger charge is 2.34. The van der Waals surface area contributed by atoms with Gasteiger partial charge in [0.2, 0.25) is 0 Å². The molecule has 1 heterocycles. The first kappa shape index (κ1) is 13.3. The minimum absolute atomic E-state index is 0.0350. The highest BCUT2D eigenvalue weighted by molar-refractivity contribution is 6.16. The summed E-state index contributed by atoms with van der Waals surface area (Å²) in [4.78, 5) is 33.8. The maximum absolute atomic E-state index is 11.7. The van der Waals surface area contributed by atoms with Gasteiger partial charge in [-0.1, -0.05) is 19.1 Å². The van der Waals surface area contributed by atoms with Gasteiger partial charge in [0, 0.05) is 6.42 Å². The van der Waals surface area contributed by atoms with Gasteiger partial charge in [0.25, 0.3) is 0 Å². The third-order valence-corrected chi connectivity index (χ3v) is 3.19. The maximum Gasteiger partial charge on any atom is 0.347 e. The van der Waals surface area contributed by atoms with Crippen molar-refractivity contribution in [1.29, 1.82) is 0 Å². The van der Waals surface area contributed by atoms with E-state index in [1.54, 1.807) is 12.1 Å². The Labute approximate surface area is 110 Å². The van der Waals surface area contributed by atoms with Crippen LogP contribution in [0.3, 0.4) is 0 Å². The molecule has 0 amide bonds. The molecule has 1 aliphatic heterocycles. The van der Waals surface area contributed by atoms with Crippen molar-refractivity contribution in [2.75, 3.05) is 0 Å². The first-order chi connectivity index (χ1) is 9.04. The highest BCUT2D eigenvalue weighted by atomic mass is 16.6. The summed E-state index contributed by atoms with van der Waals surface area (Å²) >= 11 is 0. The monoisotopic (exact) mass is 262 g/mol. The van der Waals surface area contributed by atoms with E-state index in [0.29, 0.717) is 36.0 Å². The Kier molecular flexibility index (Phi) is 3.64. The van der Waals surface area contributed by atoms with Crippen molar-refractivity contribution >= 4 is 17.9 Å². The number of hydrogen-bond acceptors (Lipinski definition) is 4. The molecule has 0 spiro atoms. The smallest absolute Gasteiger partial charge is 0.347 e. The van der Waals surface area contributed by atoms with Crippen LogP contribution < -0.4 is 0 Å². The van der Waals surface area contributed by atoms with Crippen molar-refractivity contribution in [3.63, 3.8) is 0 Å². The van der Waals surface area contributed by atoms with Crippen molar-refractivity contribution < 1.29 is 24.2 Å². The Balaban J connectivity index is 2.34. The predicted molar refractivity (Wildman–Crippen MR) is 66.1 cm³/mol. The third-order valence-electron chi connectivity index (χ3n) is 3.19. The number of ether oxygens (including phenoxy) is 1. The molecule has 1 aromatic rings. The molecule has 100 valence electrons. The number of cyclic esters (lactones) is 2. The van der Waals surface area contributed by atoms with E-state index >= 15 is 0 Å². The molecule has 0 aliphatic carbocycles. The molecule has 0 fully saturated rings. The number of fused-ring (bicyclic) bond motifs is 1. The molecule has 0 saturated heterocycles. The lowest BCUT2D eigenvalue weighted by atomic mass is 9.93. The van der Waals surface area contributed by atoms with E-state index in [9.17, 15) is 14.4 Å². The first-order valence-corrected chi connectivity index (χ1v) is 6.17. The fraction of sp³-hybridized carbons (Fsp3) is 0.357. The lowest BCUT2D eigenvalue weighted by Gasteiger charge is -2.07. The molecular weight excluding hydrogens is 248 g/mol. The summed E-state index contributed by atoms with van der Waals surface area (Å²) in [6, 6.07) is 3.58.